The molecule has 16 heavy (non-hydrogen) atoms. The molecule has 0 radical (unpaired) electrons. The summed E-state index contributed by atoms with van der Waals surface area (Å²) in [4.78, 5) is 4.13. The third kappa shape index (κ3) is 2.06. The number of aliphatic hydroxyl groups is 1. The smallest absolute Gasteiger partial charge is 0.226 e. The first-order valence-electron chi connectivity index (χ1n) is 5.06. The molecule has 4 heteroatoms. The Hall–Kier alpha value is -1.81. The third-order valence-electron chi connectivity index (χ3n) is 2.40. The highest BCUT2D eigenvalue weighted by Gasteiger charge is 2.11. The van der Waals surface area contributed by atoms with Gasteiger partial charge in [-0.15, -0.1) is 0 Å². The SMILES string of the molecule is CC(CO)c1cnc(-c2ccc(O)cc2)o1. The van der Waals surface area contributed by atoms with Gasteiger partial charge in [-0.25, -0.2) is 4.98 Å². The van der Waals surface area contributed by atoms with Crippen molar-refractivity contribution in [3.05, 3.63) is 36.2 Å². The molecule has 0 saturated heterocycles. The van der Waals surface area contributed by atoms with E-state index in [1.54, 1.807) is 30.5 Å². The lowest BCUT2D eigenvalue weighted by Gasteiger charge is -2.01. The number of nitrogens with zero attached hydrogens (tertiary/aromatic N) is 1. The molecule has 2 N–H and O–H groups in total. The number of phenols is 1. The molecule has 4 nitrogen and oxygen atoms in total. The minimum Gasteiger partial charge on any atom is -0.508 e. The quantitative estimate of drug-likeness (QED) is 0.830. The van der Waals surface area contributed by atoms with Crippen LogP contribution in [-0.2, 0) is 0 Å². The van der Waals surface area contributed by atoms with Gasteiger partial charge in [0.2, 0.25) is 5.89 Å². The first-order chi connectivity index (χ1) is 7.70. The second kappa shape index (κ2) is 4.37. The largest absolute Gasteiger partial charge is 0.508 e. The van der Waals surface area contributed by atoms with Crippen LogP contribution in [0.5, 0.6) is 5.75 Å². The molecule has 1 heterocycles. The van der Waals surface area contributed by atoms with Crippen LogP contribution in [0.2, 0.25) is 0 Å². The number of rotatable bonds is 3. The molecule has 2 rings (SSSR count). The van der Waals surface area contributed by atoms with Crippen molar-refractivity contribution in [3.8, 4) is 17.2 Å². The number of aliphatic hydroxyl groups excluding tert-OH is 1. The van der Waals surface area contributed by atoms with Gasteiger partial charge in [-0.2, -0.15) is 0 Å². The number of hydrogen-bond donors (Lipinski definition) is 2. The summed E-state index contributed by atoms with van der Waals surface area (Å²) < 4.78 is 5.51. The minimum atomic E-state index is -0.0571. The molecule has 1 aromatic heterocycles. The molecule has 0 amide bonds. The van der Waals surface area contributed by atoms with Gasteiger partial charge in [0, 0.05) is 11.5 Å². The molecule has 1 atom stereocenters. The predicted octanol–water partition coefficient (Wildman–Crippen LogP) is 2.14. The van der Waals surface area contributed by atoms with E-state index in [0.29, 0.717) is 11.7 Å². The van der Waals surface area contributed by atoms with E-state index in [0.717, 1.165) is 5.56 Å². The van der Waals surface area contributed by atoms with Crippen LogP contribution in [0.25, 0.3) is 11.5 Å². The molecule has 1 unspecified atom stereocenters. The standard InChI is InChI=1S/C12H13NO3/c1-8(7-14)11-6-13-12(16-11)9-2-4-10(15)5-3-9/h2-6,8,14-15H,7H2,1H3. The Morgan fingerprint density at radius 1 is 1.31 bits per heavy atom. The van der Waals surface area contributed by atoms with Gasteiger partial charge in [-0.3, -0.25) is 0 Å². The first kappa shape index (κ1) is 10.7. The van der Waals surface area contributed by atoms with Gasteiger partial charge in [0.15, 0.2) is 0 Å². The summed E-state index contributed by atoms with van der Waals surface area (Å²) in [7, 11) is 0. The monoisotopic (exact) mass is 219 g/mol. The van der Waals surface area contributed by atoms with Crippen LogP contribution >= 0.6 is 0 Å². The second-order valence-corrected chi connectivity index (χ2v) is 3.70. The van der Waals surface area contributed by atoms with Gasteiger partial charge in [0.25, 0.3) is 0 Å². The number of aromatic nitrogens is 1. The van der Waals surface area contributed by atoms with Crippen LogP contribution in [0.1, 0.15) is 18.6 Å². The fraction of sp³-hybridized carbons (Fsp3) is 0.250. The Morgan fingerprint density at radius 2 is 2.00 bits per heavy atom. The molecule has 1 aromatic carbocycles. The van der Waals surface area contributed by atoms with Crippen molar-refractivity contribution in [3.63, 3.8) is 0 Å². The van der Waals surface area contributed by atoms with Crippen LogP contribution in [-0.4, -0.2) is 21.8 Å². The molecule has 84 valence electrons. The summed E-state index contributed by atoms with van der Waals surface area (Å²) in [6.45, 7) is 1.89. The van der Waals surface area contributed by atoms with Gasteiger partial charge >= 0.3 is 0 Å². The van der Waals surface area contributed by atoms with Crippen molar-refractivity contribution in [1.29, 1.82) is 0 Å². The van der Waals surface area contributed by atoms with Gasteiger partial charge < -0.3 is 14.6 Å². The van der Waals surface area contributed by atoms with E-state index in [4.69, 9.17) is 14.6 Å². The van der Waals surface area contributed by atoms with Gasteiger partial charge in [-0.1, -0.05) is 6.92 Å². The fourth-order valence-corrected chi connectivity index (χ4v) is 1.34. The molecule has 0 aliphatic rings. The van der Waals surface area contributed by atoms with Crippen molar-refractivity contribution in [2.75, 3.05) is 6.61 Å². The Balaban J connectivity index is 2.28. The second-order valence-electron chi connectivity index (χ2n) is 3.70. The molecule has 0 fully saturated rings. The summed E-state index contributed by atoms with van der Waals surface area (Å²) in [5.41, 5.74) is 0.800. The van der Waals surface area contributed by atoms with E-state index in [2.05, 4.69) is 4.98 Å². The average molecular weight is 219 g/mol. The van der Waals surface area contributed by atoms with Gasteiger partial charge in [0.05, 0.1) is 12.8 Å². The predicted molar refractivity (Wildman–Crippen MR) is 59.1 cm³/mol. The molecule has 0 spiro atoms. The number of hydrogen-bond acceptors (Lipinski definition) is 4. The molecular formula is C12H13NO3. The van der Waals surface area contributed by atoms with Gasteiger partial charge in [0.1, 0.15) is 11.5 Å². The lowest BCUT2D eigenvalue weighted by Crippen LogP contribution is -1.96. The fourth-order valence-electron chi connectivity index (χ4n) is 1.34. The molecule has 0 bridgehead atoms. The highest BCUT2D eigenvalue weighted by atomic mass is 16.4. The van der Waals surface area contributed by atoms with Crippen molar-refractivity contribution < 1.29 is 14.6 Å². The first-order valence-corrected chi connectivity index (χ1v) is 5.06. The molecule has 0 aliphatic carbocycles. The van der Waals surface area contributed by atoms with Crippen LogP contribution in [0.15, 0.2) is 34.9 Å². The zero-order valence-corrected chi connectivity index (χ0v) is 8.92. The highest BCUT2D eigenvalue weighted by molar-refractivity contribution is 5.54. The average Bonchev–Trinajstić information content (AvgIpc) is 2.78. The lowest BCUT2D eigenvalue weighted by molar-refractivity contribution is 0.258. The van der Waals surface area contributed by atoms with Crippen LogP contribution in [0.3, 0.4) is 0 Å². The number of benzene rings is 1. The highest BCUT2D eigenvalue weighted by Crippen LogP contribution is 2.24. The lowest BCUT2D eigenvalue weighted by atomic mass is 10.1. The Bertz CT molecular complexity index is 461. The maximum Gasteiger partial charge on any atom is 0.226 e. The maximum atomic E-state index is 9.15. The summed E-state index contributed by atoms with van der Waals surface area (Å²) >= 11 is 0. The number of aromatic hydroxyl groups is 1. The summed E-state index contributed by atoms with van der Waals surface area (Å²) in [6, 6.07) is 6.62. The maximum absolute atomic E-state index is 9.15. The summed E-state index contributed by atoms with van der Waals surface area (Å²) in [6.07, 6.45) is 1.61. The third-order valence-corrected chi connectivity index (χ3v) is 2.40. The molecule has 0 saturated carbocycles. The van der Waals surface area contributed by atoms with Crippen LogP contribution in [0, 0.1) is 0 Å². The Labute approximate surface area is 93.2 Å². The summed E-state index contributed by atoms with van der Waals surface area (Å²) in [5.74, 6) is 1.30. The molecule has 2 aromatic rings. The molecular weight excluding hydrogens is 206 g/mol. The Kier molecular flexibility index (Phi) is 2.92. The van der Waals surface area contributed by atoms with Crippen LogP contribution in [0.4, 0.5) is 0 Å². The summed E-state index contributed by atoms with van der Waals surface area (Å²) in [5, 5.41) is 18.1. The van der Waals surface area contributed by atoms with Crippen molar-refractivity contribution in [2.45, 2.75) is 12.8 Å². The zero-order chi connectivity index (χ0) is 11.5. The van der Waals surface area contributed by atoms with E-state index >= 15 is 0 Å². The number of oxazole rings is 1. The van der Waals surface area contributed by atoms with Crippen LogP contribution < -0.4 is 0 Å². The molecule has 0 aliphatic heterocycles. The minimum absolute atomic E-state index is 0.0320. The van der Waals surface area contributed by atoms with E-state index in [-0.39, 0.29) is 18.3 Å². The van der Waals surface area contributed by atoms with Crippen molar-refractivity contribution in [1.82, 2.24) is 4.98 Å². The van der Waals surface area contributed by atoms with Crippen molar-refractivity contribution >= 4 is 0 Å². The van der Waals surface area contributed by atoms with E-state index in [9.17, 15) is 0 Å². The normalized spacial score (nSPS) is 12.6. The number of phenolic OH excluding ortho intramolecular Hbond substituents is 1. The van der Waals surface area contributed by atoms with Crippen molar-refractivity contribution in [2.24, 2.45) is 0 Å². The Morgan fingerprint density at radius 3 is 2.62 bits per heavy atom. The van der Waals surface area contributed by atoms with E-state index < -0.39 is 0 Å². The van der Waals surface area contributed by atoms with E-state index in [1.807, 2.05) is 6.92 Å². The zero-order valence-electron chi connectivity index (χ0n) is 8.92. The topological polar surface area (TPSA) is 66.5 Å². The van der Waals surface area contributed by atoms with E-state index in [1.165, 1.54) is 0 Å². The van der Waals surface area contributed by atoms with Gasteiger partial charge in [-0.05, 0) is 24.3 Å².